The van der Waals surface area contributed by atoms with Crippen molar-refractivity contribution in [2.75, 3.05) is 17.9 Å². The molecule has 0 spiro atoms. The fraction of sp³-hybridized carbons (Fsp3) is 0.300. The van der Waals surface area contributed by atoms with Gasteiger partial charge in [0.15, 0.2) is 0 Å². The molecule has 82 valence electrons. The molecule has 0 fully saturated rings. The number of carbonyl (C=O) groups excluding carboxylic acids is 1. The third kappa shape index (κ3) is 4.56. The highest BCUT2D eigenvalue weighted by Gasteiger charge is 1.97. The molecule has 3 N–H and O–H groups in total. The Hall–Kier alpha value is -1.42. The number of hydrazine groups is 1. The molecular weight excluding hydrogens is 214 g/mol. The van der Waals surface area contributed by atoms with E-state index in [-0.39, 0.29) is 6.03 Å². The predicted molar refractivity (Wildman–Crippen MR) is 62.1 cm³/mol. The van der Waals surface area contributed by atoms with E-state index in [9.17, 15) is 4.79 Å². The Labute approximate surface area is 94.0 Å². The number of aryl methyl sites for hydroxylation is 1. The summed E-state index contributed by atoms with van der Waals surface area (Å²) in [7, 11) is 0. The zero-order valence-corrected chi connectivity index (χ0v) is 9.27. The lowest BCUT2D eigenvalue weighted by Crippen LogP contribution is -2.39. The summed E-state index contributed by atoms with van der Waals surface area (Å²) in [6, 6.07) is 7.40. The van der Waals surface area contributed by atoms with Crippen LogP contribution < -0.4 is 16.2 Å². The number of anilines is 1. The van der Waals surface area contributed by atoms with Gasteiger partial charge in [0.25, 0.3) is 0 Å². The van der Waals surface area contributed by atoms with Gasteiger partial charge in [-0.25, -0.2) is 4.79 Å². The van der Waals surface area contributed by atoms with E-state index in [1.807, 2.05) is 31.2 Å². The minimum atomic E-state index is -0.295. The average molecular weight is 228 g/mol. The number of amides is 2. The lowest BCUT2D eigenvalue weighted by Gasteiger charge is -2.09. The summed E-state index contributed by atoms with van der Waals surface area (Å²) < 4.78 is 0. The van der Waals surface area contributed by atoms with Gasteiger partial charge in [-0.05, 0) is 19.1 Å². The van der Waals surface area contributed by atoms with Gasteiger partial charge in [-0.3, -0.25) is 10.9 Å². The van der Waals surface area contributed by atoms with Crippen LogP contribution in [0.4, 0.5) is 10.5 Å². The van der Waals surface area contributed by atoms with Crippen molar-refractivity contribution in [3.63, 3.8) is 0 Å². The number of nitrogens with one attached hydrogen (secondary N) is 3. The monoisotopic (exact) mass is 227 g/mol. The van der Waals surface area contributed by atoms with Crippen molar-refractivity contribution in [3.05, 3.63) is 29.8 Å². The van der Waals surface area contributed by atoms with Crippen molar-refractivity contribution in [1.29, 1.82) is 0 Å². The third-order valence-corrected chi connectivity index (χ3v) is 1.94. The molecule has 2 amide bonds. The maximum Gasteiger partial charge on any atom is 0.333 e. The van der Waals surface area contributed by atoms with Gasteiger partial charge in [0.1, 0.15) is 0 Å². The molecule has 0 saturated carbocycles. The van der Waals surface area contributed by atoms with E-state index in [0.29, 0.717) is 12.4 Å². The Balaban J connectivity index is 2.30. The third-order valence-electron chi connectivity index (χ3n) is 1.75. The van der Waals surface area contributed by atoms with Crippen LogP contribution in [-0.2, 0) is 0 Å². The molecule has 4 nitrogen and oxygen atoms in total. The van der Waals surface area contributed by atoms with Crippen LogP contribution in [0, 0.1) is 6.92 Å². The number of carbonyl (C=O) groups is 1. The summed E-state index contributed by atoms with van der Waals surface area (Å²) in [5.74, 6) is 0.401. The Kier molecular flexibility index (Phi) is 4.77. The highest BCUT2D eigenvalue weighted by Crippen LogP contribution is 2.06. The first-order valence-corrected chi connectivity index (χ1v) is 5.18. The smallest absolute Gasteiger partial charge is 0.333 e. The van der Waals surface area contributed by atoms with Gasteiger partial charge in [-0.1, -0.05) is 17.7 Å². The summed E-state index contributed by atoms with van der Waals surface area (Å²) >= 11 is 5.42. The molecule has 0 bridgehead atoms. The first kappa shape index (κ1) is 11.7. The number of rotatable bonds is 4. The maximum absolute atomic E-state index is 11.1. The lowest BCUT2D eigenvalue weighted by molar-refractivity contribution is 0.243. The molecule has 15 heavy (non-hydrogen) atoms. The van der Waals surface area contributed by atoms with Gasteiger partial charge >= 0.3 is 6.03 Å². The second-order valence-electron chi connectivity index (χ2n) is 3.06. The van der Waals surface area contributed by atoms with E-state index in [1.54, 1.807) is 0 Å². The molecule has 1 rings (SSSR count). The second kappa shape index (κ2) is 6.14. The number of hydrogen-bond acceptors (Lipinski definition) is 2. The number of alkyl halides is 1. The van der Waals surface area contributed by atoms with Crippen LogP contribution in [0.1, 0.15) is 5.56 Å². The highest BCUT2D eigenvalue weighted by molar-refractivity contribution is 6.18. The number of urea groups is 1. The van der Waals surface area contributed by atoms with Crippen molar-refractivity contribution in [2.24, 2.45) is 0 Å². The summed E-state index contributed by atoms with van der Waals surface area (Å²) in [5.41, 5.74) is 7.28. The Morgan fingerprint density at radius 1 is 1.33 bits per heavy atom. The van der Waals surface area contributed by atoms with Gasteiger partial charge in [0.05, 0.1) is 5.69 Å². The zero-order chi connectivity index (χ0) is 11.1. The normalized spacial score (nSPS) is 9.47. The van der Waals surface area contributed by atoms with Crippen molar-refractivity contribution in [2.45, 2.75) is 6.92 Å². The molecule has 0 heterocycles. The Morgan fingerprint density at radius 3 is 2.60 bits per heavy atom. The molecule has 0 saturated heterocycles. The van der Waals surface area contributed by atoms with Crippen LogP contribution in [0.2, 0.25) is 0 Å². The molecule has 1 aromatic carbocycles. The molecule has 0 aliphatic carbocycles. The van der Waals surface area contributed by atoms with Crippen molar-refractivity contribution in [3.8, 4) is 0 Å². The largest absolute Gasteiger partial charge is 0.336 e. The molecule has 0 aromatic heterocycles. The first-order valence-electron chi connectivity index (χ1n) is 4.65. The van der Waals surface area contributed by atoms with Gasteiger partial charge in [0.2, 0.25) is 0 Å². The zero-order valence-electron chi connectivity index (χ0n) is 8.51. The minimum Gasteiger partial charge on any atom is -0.336 e. The van der Waals surface area contributed by atoms with Gasteiger partial charge < -0.3 is 5.32 Å². The quantitative estimate of drug-likeness (QED) is 0.543. The van der Waals surface area contributed by atoms with Gasteiger partial charge in [-0.15, -0.1) is 11.6 Å². The molecule has 5 heteroatoms. The molecular formula is C10H14ClN3O. The van der Waals surface area contributed by atoms with E-state index in [0.717, 1.165) is 5.69 Å². The standard InChI is InChI=1S/C10H14ClN3O/c1-8-2-4-9(5-3-8)13-14-10(15)12-7-6-11/h2-5,13H,6-7H2,1H3,(H2,12,14,15). The molecule has 0 atom stereocenters. The molecule has 0 aliphatic rings. The topological polar surface area (TPSA) is 53.2 Å². The highest BCUT2D eigenvalue weighted by atomic mass is 35.5. The van der Waals surface area contributed by atoms with Crippen LogP contribution in [0.5, 0.6) is 0 Å². The summed E-state index contributed by atoms with van der Waals surface area (Å²) in [5, 5.41) is 2.57. The Bertz CT molecular complexity index is 313. The molecule has 0 aliphatic heterocycles. The van der Waals surface area contributed by atoms with Gasteiger partial charge in [-0.2, -0.15) is 0 Å². The SMILES string of the molecule is Cc1ccc(NNC(=O)NCCCl)cc1. The van der Waals surface area contributed by atoms with E-state index in [1.165, 1.54) is 5.56 Å². The number of hydrogen-bond donors (Lipinski definition) is 3. The van der Waals surface area contributed by atoms with Crippen molar-refractivity contribution < 1.29 is 4.79 Å². The first-order chi connectivity index (χ1) is 7.22. The van der Waals surface area contributed by atoms with Crippen molar-refractivity contribution in [1.82, 2.24) is 10.7 Å². The number of halogens is 1. The van der Waals surface area contributed by atoms with E-state index < -0.39 is 0 Å². The van der Waals surface area contributed by atoms with Gasteiger partial charge in [0, 0.05) is 12.4 Å². The van der Waals surface area contributed by atoms with Crippen LogP contribution in [0.15, 0.2) is 24.3 Å². The maximum atomic E-state index is 11.1. The molecule has 1 aromatic rings. The average Bonchev–Trinajstić information content (AvgIpc) is 2.25. The summed E-state index contributed by atoms with van der Waals surface area (Å²) in [4.78, 5) is 11.1. The Morgan fingerprint density at radius 2 is 2.00 bits per heavy atom. The minimum absolute atomic E-state index is 0.295. The predicted octanol–water partition coefficient (Wildman–Crippen LogP) is 1.86. The van der Waals surface area contributed by atoms with Crippen LogP contribution in [0.25, 0.3) is 0 Å². The summed E-state index contributed by atoms with van der Waals surface area (Å²) in [6.45, 7) is 2.45. The fourth-order valence-electron chi connectivity index (χ4n) is 0.971. The fourth-order valence-corrected chi connectivity index (χ4v) is 1.07. The van der Waals surface area contributed by atoms with Crippen LogP contribution in [-0.4, -0.2) is 18.5 Å². The van der Waals surface area contributed by atoms with E-state index >= 15 is 0 Å². The van der Waals surface area contributed by atoms with Crippen molar-refractivity contribution >= 4 is 23.3 Å². The second-order valence-corrected chi connectivity index (χ2v) is 3.44. The molecule has 0 unspecified atom stereocenters. The van der Waals surface area contributed by atoms with Crippen LogP contribution in [0.3, 0.4) is 0 Å². The summed E-state index contributed by atoms with van der Waals surface area (Å²) in [6.07, 6.45) is 0. The molecule has 0 radical (unpaired) electrons. The van der Waals surface area contributed by atoms with Crippen LogP contribution >= 0.6 is 11.6 Å². The number of benzene rings is 1. The van der Waals surface area contributed by atoms with E-state index in [4.69, 9.17) is 11.6 Å². The van der Waals surface area contributed by atoms with E-state index in [2.05, 4.69) is 16.2 Å². The lowest BCUT2D eigenvalue weighted by atomic mass is 10.2.